The van der Waals surface area contributed by atoms with E-state index in [0.29, 0.717) is 19.5 Å². The number of nitrogens with zero attached hydrogens (tertiary/aromatic N) is 3. The van der Waals surface area contributed by atoms with Crippen molar-refractivity contribution in [3.05, 3.63) is 46.8 Å². The minimum absolute atomic E-state index is 0.202. The quantitative estimate of drug-likeness (QED) is 0.472. The van der Waals surface area contributed by atoms with Gasteiger partial charge in [-0.2, -0.15) is 5.10 Å². The molecule has 1 heterocycles. The van der Waals surface area contributed by atoms with Crippen molar-refractivity contribution in [1.29, 1.82) is 0 Å². The Morgan fingerprint density at radius 3 is 2.73 bits per heavy atom. The third-order valence-corrected chi connectivity index (χ3v) is 4.15. The van der Waals surface area contributed by atoms with Gasteiger partial charge in [0.05, 0.1) is 4.92 Å². The van der Waals surface area contributed by atoms with Gasteiger partial charge in [0.1, 0.15) is 10.6 Å². The molecule has 0 bridgehead atoms. The molecule has 0 unspecified atom stereocenters. The van der Waals surface area contributed by atoms with Gasteiger partial charge in [0.2, 0.25) is 0 Å². The molecule has 0 amide bonds. The number of anilines is 1. The average Bonchev–Trinajstić information content (AvgIpc) is 2.95. The van der Waals surface area contributed by atoms with Crippen LogP contribution in [-0.4, -0.2) is 35.9 Å². The van der Waals surface area contributed by atoms with E-state index >= 15 is 0 Å². The van der Waals surface area contributed by atoms with Gasteiger partial charge in [-0.15, -0.1) is 0 Å². The SMILES string of the molecule is CS(=O)(=O)c1cccc(NCCCn2cccn2)c1[N+](=O)[O-]. The molecule has 1 N–H and O–H groups in total. The van der Waals surface area contributed by atoms with Gasteiger partial charge in [-0.1, -0.05) is 6.07 Å². The number of benzene rings is 1. The van der Waals surface area contributed by atoms with Crippen molar-refractivity contribution < 1.29 is 13.3 Å². The number of nitro benzene ring substituents is 1. The van der Waals surface area contributed by atoms with Crippen LogP contribution in [-0.2, 0) is 16.4 Å². The molecule has 0 radical (unpaired) electrons. The summed E-state index contributed by atoms with van der Waals surface area (Å²) >= 11 is 0. The summed E-state index contributed by atoms with van der Waals surface area (Å²) in [5.41, 5.74) is -0.211. The molecule has 8 nitrogen and oxygen atoms in total. The number of hydrogen-bond donors (Lipinski definition) is 1. The molecule has 1 aromatic carbocycles. The summed E-state index contributed by atoms with van der Waals surface area (Å²) < 4.78 is 25.1. The standard InChI is InChI=1S/C13H16N4O4S/c1-22(20,21)12-6-2-5-11(13(12)17(18)19)14-7-3-9-16-10-4-8-15-16/h2,4-6,8,10,14H,3,7,9H2,1H3. The largest absolute Gasteiger partial charge is 0.379 e. The fraction of sp³-hybridized carbons (Fsp3) is 0.308. The summed E-state index contributed by atoms with van der Waals surface area (Å²) in [6.07, 6.45) is 5.15. The fourth-order valence-corrected chi connectivity index (χ4v) is 2.91. The molecule has 0 aliphatic carbocycles. The van der Waals surface area contributed by atoms with Crippen molar-refractivity contribution >= 4 is 21.2 Å². The molecular formula is C13H16N4O4S. The van der Waals surface area contributed by atoms with E-state index in [2.05, 4.69) is 10.4 Å². The molecule has 0 spiro atoms. The van der Waals surface area contributed by atoms with Crippen LogP contribution in [0, 0.1) is 10.1 Å². The molecule has 118 valence electrons. The summed E-state index contributed by atoms with van der Waals surface area (Å²) in [4.78, 5) is 10.2. The van der Waals surface area contributed by atoms with Crippen LogP contribution in [0.2, 0.25) is 0 Å². The van der Waals surface area contributed by atoms with Gasteiger partial charge >= 0.3 is 5.69 Å². The first-order valence-electron chi connectivity index (χ1n) is 6.58. The van der Waals surface area contributed by atoms with Crippen molar-refractivity contribution in [1.82, 2.24) is 9.78 Å². The molecule has 2 aromatic rings. The molecule has 0 saturated heterocycles. The van der Waals surface area contributed by atoms with E-state index in [-0.39, 0.29) is 10.6 Å². The van der Waals surface area contributed by atoms with Crippen molar-refractivity contribution in [2.45, 2.75) is 17.9 Å². The van der Waals surface area contributed by atoms with E-state index < -0.39 is 20.4 Å². The molecule has 0 aliphatic heterocycles. The summed E-state index contributed by atoms with van der Waals surface area (Å²) in [7, 11) is -3.66. The highest BCUT2D eigenvalue weighted by atomic mass is 32.2. The molecule has 0 atom stereocenters. The predicted octanol–water partition coefficient (Wildman–Crippen LogP) is 1.70. The predicted molar refractivity (Wildman–Crippen MR) is 81.5 cm³/mol. The van der Waals surface area contributed by atoms with Crippen LogP contribution in [0.25, 0.3) is 0 Å². The Kier molecular flexibility index (Phi) is 4.76. The number of nitro groups is 1. The lowest BCUT2D eigenvalue weighted by Crippen LogP contribution is -2.10. The van der Waals surface area contributed by atoms with E-state index in [0.717, 1.165) is 6.26 Å². The normalized spacial score (nSPS) is 11.3. The van der Waals surface area contributed by atoms with Gasteiger partial charge < -0.3 is 5.32 Å². The Balaban J connectivity index is 2.12. The molecule has 1 aromatic heterocycles. The van der Waals surface area contributed by atoms with Crippen molar-refractivity contribution in [3.63, 3.8) is 0 Å². The summed E-state index contributed by atoms with van der Waals surface area (Å²) in [5, 5.41) is 18.2. The second-order valence-corrected chi connectivity index (χ2v) is 6.72. The first-order valence-corrected chi connectivity index (χ1v) is 8.47. The topological polar surface area (TPSA) is 107 Å². The van der Waals surface area contributed by atoms with E-state index in [1.54, 1.807) is 10.9 Å². The van der Waals surface area contributed by atoms with Gasteiger partial charge in [-0.3, -0.25) is 14.8 Å². The van der Waals surface area contributed by atoms with E-state index in [9.17, 15) is 18.5 Å². The van der Waals surface area contributed by atoms with Gasteiger partial charge in [0.25, 0.3) is 0 Å². The van der Waals surface area contributed by atoms with Crippen LogP contribution in [0.15, 0.2) is 41.6 Å². The van der Waals surface area contributed by atoms with Crippen LogP contribution < -0.4 is 5.32 Å². The maximum atomic E-state index is 11.7. The third kappa shape index (κ3) is 3.82. The van der Waals surface area contributed by atoms with Crippen molar-refractivity contribution in [3.8, 4) is 0 Å². The zero-order valence-corrected chi connectivity index (χ0v) is 12.8. The number of sulfone groups is 1. The number of para-hydroxylation sites is 1. The van der Waals surface area contributed by atoms with Crippen LogP contribution in [0.5, 0.6) is 0 Å². The molecular weight excluding hydrogens is 308 g/mol. The zero-order valence-electron chi connectivity index (χ0n) is 12.0. The second kappa shape index (κ2) is 6.56. The molecule has 9 heteroatoms. The number of aromatic nitrogens is 2. The summed E-state index contributed by atoms with van der Waals surface area (Å²) in [6, 6.07) is 6.04. The third-order valence-electron chi connectivity index (χ3n) is 3.02. The lowest BCUT2D eigenvalue weighted by Gasteiger charge is -2.09. The maximum absolute atomic E-state index is 11.7. The smallest absolute Gasteiger partial charge is 0.310 e. The van der Waals surface area contributed by atoms with E-state index in [1.165, 1.54) is 18.2 Å². The minimum Gasteiger partial charge on any atom is -0.379 e. The van der Waals surface area contributed by atoms with Gasteiger partial charge in [-0.25, -0.2) is 8.42 Å². The van der Waals surface area contributed by atoms with E-state index in [1.807, 2.05) is 12.3 Å². The molecule has 0 fully saturated rings. The summed E-state index contributed by atoms with van der Waals surface area (Å²) in [6.45, 7) is 1.13. The van der Waals surface area contributed by atoms with Crippen LogP contribution in [0.4, 0.5) is 11.4 Å². The Labute approximate surface area is 127 Å². The Hall–Kier alpha value is -2.42. The average molecular weight is 324 g/mol. The lowest BCUT2D eigenvalue weighted by atomic mass is 10.2. The lowest BCUT2D eigenvalue weighted by molar-refractivity contribution is -0.386. The minimum atomic E-state index is -3.66. The first-order chi connectivity index (χ1) is 10.4. The highest BCUT2D eigenvalue weighted by Gasteiger charge is 2.25. The Morgan fingerprint density at radius 1 is 1.36 bits per heavy atom. The van der Waals surface area contributed by atoms with E-state index in [4.69, 9.17) is 0 Å². The zero-order chi connectivity index (χ0) is 16.2. The molecule has 0 saturated carbocycles. The molecule has 22 heavy (non-hydrogen) atoms. The van der Waals surface area contributed by atoms with Gasteiger partial charge in [0, 0.05) is 31.7 Å². The number of aryl methyl sites for hydroxylation is 1. The highest BCUT2D eigenvalue weighted by molar-refractivity contribution is 7.90. The van der Waals surface area contributed by atoms with Gasteiger partial charge in [-0.05, 0) is 24.6 Å². The van der Waals surface area contributed by atoms with Crippen molar-refractivity contribution in [2.24, 2.45) is 0 Å². The highest BCUT2D eigenvalue weighted by Crippen LogP contribution is 2.31. The maximum Gasteiger partial charge on any atom is 0.310 e. The molecule has 0 aliphatic rings. The Morgan fingerprint density at radius 2 is 2.14 bits per heavy atom. The second-order valence-electron chi connectivity index (χ2n) is 4.73. The van der Waals surface area contributed by atoms with Crippen LogP contribution >= 0.6 is 0 Å². The summed E-state index contributed by atoms with van der Waals surface area (Å²) in [5.74, 6) is 0. The van der Waals surface area contributed by atoms with Crippen LogP contribution in [0.1, 0.15) is 6.42 Å². The van der Waals surface area contributed by atoms with Gasteiger partial charge in [0.15, 0.2) is 9.84 Å². The fourth-order valence-electron chi connectivity index (χ4n) is 2.05. The number of hydrogen-bond acceptors (Lipinski definition) is 6. The Bertz CT molecular complexity index is 756. The monoisotopic (exact) mass is 324 g/mol. The number of rotatable bonds is 7. The van der Waals surface area contributed by atoms with Crippen LogP contribution in [0.3, 0.4) is 0 Å². The number of nitrogens with one attached hydrogen (secondary N) is 1. The molecule has 2 rings (SSSR count). The first kappa shape index (κ1) is 16.0. The van der Waals surface area contributed by atoms with Crippen molar-refractivity contribution in [2.75, 3.05) is 18.1 Å².